The third kappa shape index (κ3) is 32.8. The van der Waals surface area contributed by atoms with E-state index in [-0.39, 0.29) is 31.4 Å². The van der Waals surface area contributed by atoms with Crippen LogP contribution in [0.4, 0.5) is 0 Å². The topological polar surface area (TPSA) is 293 Å². The van der Waals surface area contributed by atoms with E-state index in [1.807, 2.05) is 18.2 Å². The van der Waals surface area contributed by atoms with Gasteiger partial charge in [-0.2, -0.15) is 0 Å². The summed E-state index contributed by atoms with van der Waals surface area (Å²) in [5.41, 5.74) is 6.18. The number of carboxylic acid groups (broad SMARTS) is 1. The summed E-state index contributed by atoms with van der Waals surface area (Å²) in [6.07, 6.45) is 28.2. The highest BCUT2D eigenvalue weighted by Gasteiger charge is 2.51. The molecule has 0 heterocycles. The molecule has 3 unspecified atom stereocenters. The van der Waals surface area contributed by atoms with Crippen LogP contribution < -0.4 is 5.73 Å². The van der Waals surface area contributed by atoms with E-state index in [1.54, 1.807) is 18.2 Å². The van der Waals surface area contributed by atoms with Crippen LogP contribution in [0.15, 0.2) is 72.9 Å². The normalized spacial score (nSPS) is 22.5. The summed E-state index contributed by atoms with van der Waals surface area (Å²) < 4.78 is 33.7. The lowest BCUT2D eigenvalue weighted by atomic mass is 9.85. The zero-order chi connectivity index (χ0) is 52.7. The SMILES string of the molecule is CCCCC/C=C\C\C=C/C=C/C=C/[C@@H](SC[C@H](N)C(=O)OC[C@H](COP(=O)(O)OC1[C@H](O)[C@H](O)C(O)[C@H](O)[C@H]1O)OC(=O)CCCCCCCCC/C=C\C/C=C\CCCCC)[C@@H](O)CCCC(=O)O. The Kier molecular flexibility index (Phi) is 38.5. The molecule has 0 radical (unpaired) electrons. The number of esters is 2. The van der Waals surface area contributed by atoms with Gasteiger partial charge in [0, 0.05) is 23.8 Å². The van der Waals surface area contributed by atoms with Crippen LogP contribution in [0, 0.1) is 0 Å². The Morgan fingerprint density at radius 1 is 0.648 bits per heavy atom. The number of nitrogens with two attached hydrogens (primary N) is 1. The van der Waals surface area contributed by atoms with Gasteiger partial charge in [-0.1, -0.05) is 145 Å². The zero-order valence-corrected chi connectivity index (χ0v) is 43.9. The van der Waals surface area contributed by atoms with E-state index in [9.17, 15) is 54.5 Å². The number of phosphoric acid groups is 1. The highest BCUT2D eigenvalue weighted by atomic mass is 32.2. The summed E-state index contributed by atoms with van der Waals surface area (Å²) in [5, 5.41) is 70.0. The molecule has 0 aliphatic heterocycles. The van der Waals surface area contributed by atoms with Crippen LogP contribution in [0.1, 0.15) is 155 Å². The van der Waals surface area contributed by atoms with Crippen LogP contribution in [0.3, 0.4) is 0 Å². The largest absolute Gasteiger partial charge is 0.481 e. The van der Waals surface area contributed by atoms with E-state index in [1.165, 1.54) is 38.5 Å². The molecule has 1 rings (SSSR count). The number of ether oxygens (including phenoxy) is 2. The van der Waals surface area contributed by atoms with Crippen LogP contribution in [0.5, 0.6) is 0 Å². The first kappa shape index (κ1) is 66.0. The van der Waals surface area contributed by atoms with Crippen molar-refractivity contribution in [1.29, 1.82) is 0 Å². The maximum Gasteiger partial charge on any atom is 0.472 e. The smallest absolute Gasteiger partial charge is 0.472 e. The number of aliphatic hydroxyl groups excluding tert-OH is 6. The molecule has 408 valence electrons. The number of phosphoric ester groups is 1. The Labute approximate surface area is 427 Å². The van der Waals surface area contributed by atoms with Gasteiger partial charge in [-0.15, -0.1) is 11.8 Å². The average molecular weight is 1050 g/mol. The molecular weight excluding hydrogens is 958 g/mol. The molecule has 0 aromatic heterocycles. The lowest BCUT2D eigenvalue weighted by Gasteiger charge is -2.41. The quantitative estimate of drug-likeness (QED) is 0.00935. The summed E-state index contributed by atoms with van der Waals surface area (Å²) in [6, 6.07) is -1.26. The highest BCUT2D eigenvalue weighted by Crippen LogP contribution is 2.47. The van der Waals surface area contributed by atoms with E-state index < -0.39 is 99.1 Å². The Bertz CT molecular complexity index is 1640. The van der Waals surface area contributed by atoms with Crippen molar-refractivity contribution in [3.05, 3.63) is 72.9 Å². The van der Waals surface area contributed by atoms with Gasteiger partial charge in [0.1, 0.15) is 49.3 Å². The van der Waals surface area contributed by atoms with Gasteiger partial charge in [-0.3, -0.25) is 23.4 Å². The van der Waals surface area contributed by atoms with Gasteiger partial charge in [0.05, 0.1) is 12.7 Å². The number of hydrogen-bond acceptors (Lipinski definition) is 16. The van der Waals surface area contributed by atoms with Gasteiger partial charge in [0.25, 0.3) is 0 Å². The van der Waals surface area contributed by atoms with Crippen molar-refractivity contribution in [3.8, 4) is 0 Å². The molecule has 1 fully saturated rings. The number of unbranched alkanes of at least 4 members (excludes halogenated alkanes) is 13. The first-order chi connectivity index (χ1) is 34.0. The molecule has 17 nitrogen and oxygen atoms in total. The van der Waals surface area contributed by atoms with Crippen LogP contribution in [-0.4, -0.2) is 138 Å². The molecule has 11 atom stereocenters. The molecule has 0 aromatic carbocycles. The van der Waals surface area contributed by atoms with Crippen molar-refractivity contribution in [3.63, 3.8) is 0 Å². The van der Waals surface area contributed by atoms with E-state index in [2.05, 4.69) is 50.3 Å². The maximum absolute atomic E-state index is 13.1. The van der Waals surface area contributed by atoms with Gasteiger partial charge in [-0.05, 0) is 70.6 Å². The molecule has 0 aromatic rings. The van der Waals surface area contributed by atoms with Gasteiger partial charge >= 0.3 is 25.7 Å². The maximum atomic E-state index is 13.1. The minimum absolute atomic E-state index is 0.0179. The second-order valence-electron chi connectivity index (χ2n) is 17.9. The number of carboxylic acids is 1. The van der Waals surface area contributed by atoms with Crippen LogP contribution >= 0.6 is 19.6 Å². The summed E-state index contributed by atoms with van der Waals surface area (Å²) in [7, 11) is -5.26. The zero-order valence-electron chi connectivity index (χ0n) is 42.2. The average Bonchev–Trinajstić information content (AvgIpc) is 3.34. The second kappa shape index (κ2) is 41.4. The van der Waals surface area contributed by atoms with E-state index in [0.29, 0.717) is 6.42 Å². The number of carbonyl (C=O) groups excluding carboxylic acids is 2. The lowest BCUT2D eigenvalue weighted by Crippen LogP contribution is -2.64. The third-order valence-electron chi connectivity index (χ3n) is 11.5. The Morgan fingerprint density at radius 2 is 1.17 bits per heavy atom. The molecule has 19 heteroatoms. The number of allylic oxidation sites excluding steroid dienone is 11. The third-order valence-corrected chi connectivity index (χ3v) is 13.9. The van der Waals surface area contributed by atoms with Gasteiger partial charge in [0.2, 0.25) is 0 Å². The number of aliphatic carboxylic acids is 1. The number of rotatable bonds is 42. The molecule has 10 N–H and O–H groups in total. The summed E-state index contributed by atoms with van der Waals surface area (Å²) in [6.45, 7) is 2.80. The van der Waals surface area contributed by atoms with Crippen molar-refractivity contribution >= 4 is 37.5 Å². The van der Waals surface area contributed by atoms with Crippen LogP contribution in [0.25, 0.3) is 0 Å². The van der Waals surface area contributed by atoms with E-state index in [4.69, 9.17) is 29.4 Å². The van der Waals surface area contributed by atoms with E-state index in [0.717, 1.165) is 82.4 Å². The number of thioether (sulfide) groups is 1. The van der Waals surface area contributed by atoms with Crippen LogP contribution in [0.2, 0.25) is 0 Å². The Balaban J connectivity index is 2.85. The van der Waals surface area contributed by atoms with Crippen molar-refractivity contribution in [2.75, 3.05) is 19.0 Å². The van der Waals surface area contributed by atoms with Crippen molar-refractivity contribution in [2.24, 2.45) is 5.73 Å². The van der Waals surface area contributed by atoms with Gasteiger partial charge < -0.3 is 55.8 Å². The molecule has 0 spiro atoms. The van der Waals surface area contributed by atoms with E-state index >= 15 is 0 Å². The predicted molar refractivity (Wildman–Crippen MR) is 277 cm³/mol. The number of hydrogen-bond donors (Lipinski definition) is 9. The Morgan fingerprint density at radius 3 is 1.75 bits per heavy atom. The first-order valence-electron chi connectivity index (χ1n) is 25.7. The van der Waals surface area contributed by atoms with Gasteiger partial charge in [0.15, 0.2) is 6.10 Å². The molecule has 0 saturated heterocycles. The van der Waals surface area contributed by atoms with Gasteiger partial charge in [-0.25, -0.2) is 4.57 Å². The Hall–Kier alpha value is -2.97. The molecule has 0 bridgehead atoms. The molecule has 71 heavy (non-hydrogen) atoms. The summed E-state index contributed by atoms with van der Waals surface area (Å²) >= 11 is 1.14. The summed E-state index contributed by atoms with van der Waals surface area (Å²) in [4.78, 5) is 47.7. The fraction of sp³-hybridized carbons (Fsp3) is 0.712. The van der Waals surface area contributed by atoms with Crippen molar-refractivity contribution in [1.82, 2.24) is 0 Å². The first-order valence-corrected chi connectivity index (χ1v) is 28.2. The molecule has 1 aliphatic rings. The highest BCUT2D eigenvalue weighted by molar-refractivity contribution is 8.00. The summed E-state index contributed by atoms with van der Waals surface area (Å²) in [5.74, 6) is -2.70. The van der Waals surface area contributed by atoms with Crippen molar-refractivity contribution in [2.45, 2.75) is 215 Å². The fourth-order valence-corrected chi connectivity index (χ4v) is 9.33. The molecule has 0 amide bonds. The number of aliphatic hydroxyl groups is 6. The predicted octanol–water partition coefficient (Wildman–Crippen LogP) is 7.60. The lowest BCUT2D eigenvalue weighted by molar-refractivity contribution is -0.220. The fourth-order valence-electron chi connectivity index (χ4n) is 7.23. The minimum atomic E-state index is -5.26. The second-order valence-corrected chi connectivity index (χ2v) is 20.5. The van der Waals surface area contributed by atoms with Crippen LogP contribution in [-0.2, 0) is 37.5 Å². The molecular formula is C52H88NO16PS. The minimum Gasteiger partial charge on any atom is -0.481 e. The van der Waals surface area contributed by atoms with Crippen molar-refractivity contribution < 1.29 is 78.1 Å². The monoisotopic (exact) mass is 1050 g/mol. The standard InChI is InChI=1S/C52H88NO16PS/c1-3-5-7-9-11-13-15-17-18-19-20-21-23-25-27-29-31-36-45(57)68-40(38-67-70(64,65)69-51-49(61)47(59)46(58)48(60)50(51)62)37-66-52(63)41(53)39-71-43(42(54)33-32-35-44(55)56)34-30-28-26-24-22-16-14-12-10-8-6-4-2/h11-14,17-18,22,24,26,28,30,34,40-43,46-51,54,58-62H,3-10,15-16,19-21,23,25,27,29,31-33,35-39,53H2,1-2H3,(H,55,56)(H,64,65)/b13-11-,14-12-,18-17-,24-22-,28-26+,34-30+/t40-,41+,42+,43-,46?,47-,48+,49-,50-,51?/m1/s1. The number of carbonyl (C=O) groups is 3. The molecule has 1 saturated carbocycles. The molecule has 1 aliphatic carbocycles.